The van der Waals surface area contributed by atoms with Gasteiger partial charge in [-0.25, -0.2) is 4.98 Å². The van der Waals surface area contributed by atoms with Gasteiger partial charge in [0, 0.05) is 50.0 Å². The summed E-state index contributed by atoms with van der Waals surface area (Å²) in [5.41, 5.74) is 1.35. The topological polar surface area (TPSA) is 81.6 Å². The van der Waals surface area contributed by atoms with E-state index in [1.807, 2.05) is 31.7 Å². The van der Waals surface area contributed by atoms with Crippen LogP contribution < -0.4 is 0 Å². The van der Waals surface area contributed by atoms with Gasteiger partial charge in [0.05, 0.1) is 22.2 Å². The largest absolute Gasteiger partial charge is 0.438 e. The molecule has 1 saturated carbocycles. The maximum absolute atomic E-state index is 14.3. The number of aromatic nitrogens is 2. The average molecular weight is 587 g/mol. The molecule has 214 valence electrons. The summed E-state index contributed by atoms with van der Waals surface area (Å²) in [6.45, 7) is 8.88. The summed E-state index contributed by atoms with van der Waals surface area (Å²) in [6, 6.07) is 1.92. The molecule has 0 saturated heterocycles. The van der Waals surface area contributed by atoms with Crippen LogP contribution in [-0.4, -0.2) is 53.7 Å². The van der Waals surface area contributed by atoms with Gasteiger partial charge in [0.1, 0.15) is 5.69 Å². The van der Waals surface area contributed by atoms with Gasteiger partial charge < -0.3 is 14.4 Å². The van der Waals surface area contributed by atoms with Crippen molar-refractivity contribution < 1.29 is 19.1 Å². The fourth-order valence-corrected chi connectivity index (χ4v) is 7.45. The molecule has 0 bridgehead atoms. The Labute approximate surface area is 246 Å². The average Bonchev–Trinajstić information content (AvgIpc) is 3.01. The van der Waals surface area contributed by atoms with Gasteiger partial charge in [0.25, 0.3) is 5.91 Å². The molecule has 9 heteroatoms. The van der Waals surface area contributed by atoms with Gasteiger partial charge in [-0.05, 0) is 60.6 Å². The molecular formula is C31H37Cl2N3O4. The molecule has 0 unspecified atom stereocenters. The number of amides is 1. The molecule has 40 heavy (non-hydrogen) atoms. The predicted molar refractivity (Wildman–Crippen MR) is 155 cm³/mol. The minimum absolute atomic E-state index is 0.0374. The van der Waals surface area contributed by atoms with Crippen LogP contribution in [0.1, 0.15) is 92.9 Å². The standard InChI is InChI=1S/C31H37Cl2N3O4/c1-20(2)25-23(32)16-22-26(27(25)33)28(37)36(15-8-6-7-10-21-17-34-13-14-35-21)18-24-30(22,3)11-9-12-31(24,4)29(38)40-19-39-5/h13-14,16-17,20,24H,6,8-9,11-12,15,18-19H2,1-5H3/t24-,30-,31-/m1/s1. The fraction of sp³-hybridized carbons (Fsp3) is 0.548. The van der Waals surface area contributed by atoms with Gasteiger partial charge >= 0.3 is 5.97 Å². The van der Waals surface area contributed by atoms with Crippen LogP contribution in [-0.2, 0) is 19.7 Å². The molecule has 2 aliphatic rings. The number of carbonyl (C=O) groups is 2. The molecule has 1 amide bonds. The zero-order chi connectivity index (χ0) is 29.1. The highest BCUT2D eigenvalue weighted by Crippen LogP contribution is 2.57. The Morgan fingerprint density at radius 2 is 2.02 bits per heavy atom. The molecule has 0 radical (unpaired) electrons. The van der Waals surface area contributed by atoms with Gasteiger partial charge in [-0.1, -0.05) is 56.3 Å². The number of hydrogen-bond acceptors (Lipinski definition) is 6. The number of carbonyl (C=O) groups excluding carboxylic acids is 2. The molecule has 1 fully saturated rings. The molecule has 1 aromatic heterocycles. The number of fused-ring (bicyclic) bond motifs is 3. The molecular weight excluding hydrogens is 549 g/mol. The van der Waals surface area contributed by atoms with Crippen molar-refractivity contribution in [2.24, 2.45) is 11.3 Å². The molecule has 1 aliphatic carbocycles. The van der Waals surface area contributed by atoms with E-state index >= 15 is 0 Å². The Kier molecular flexibility index (Phi) is 9.44. The second kappa shape index (κ2) is 12.5. The quantitative estimate of drug-likeness (QED) is 0.162. The Morgan fingerprint density at radius 1 is 1.25 bits per heavy atom. The van der Waals surface area contributed by atoms with E-state index in [0.29, 0.717) is 53.7 Å². The third-order valence-corrected chi connectivity index (χ3v) is 9.27. The van der Waals surface area contributed by atoms with Crippen LogP contribution in [0.3, 0.4) is 0 Å². The Hall–Kier alpha value is -2.66. The molecule has 7 nitrogen and oxygen atoms in total. The second-order valence-corrected chi connectivity index (χ2v) is 12.3. The highest BCUT2D eigenvalue weighted by atomic mass is 35.5. The number of methoxy groups -OCH3 is 1. The van der Waals surface area contributed by atoms with Crippen molar-refractivity contribution in [3.63, 3.8) is 0 Å². The van der Waals surface area contributed by atoms with E-state index in [0.717, 1.165) is 24.0 Å². The van der Waals surface area contributed by atoms with Crippen molar-refractivity contribution in [2.75, 3.05) is 27.0 Å². The van der Waals surface area contributed by atoms with Crippen LogP contribution in [0.15, 0.2) is 24.7 Å². The van der Waals surface area contributed by atoms with Crippen molar-refractivity contribution in [1.82, 2.24) is 14.9 Å². The van der Waals surface area contributed by atoms with Crippen molar-refractivity contribution in [1.29, 1.82) is 0 Å². The van der Waals surface area contributed by atoms with Crippen LogP contribution >= 0.6 is 23.2 Å². The third kappa shape index (κ3) is 5.72. The molecule has 1 aromatic carbocycles. The number of nitrogens with zero attached hydrogens (tertiary/aromatic N) is 3. The number of unbranched alkanes of at least 4 members (excludes halogenated alkanes) is 1. The SMILES string of the molecule is COCOC(=O)[C@]1(C)CCC[C@]2(C)c3cc(Cl)c(C(C)C)c(Cl)c3C(=O)N(CCCC#Cc3cnccn3)C[C@@H]12. The van der Waals surface area contributed by atoms with Gasteiger partial charge in [-0.2, -0.15) is 0 Å². The lowest BCUT2D eigenvalue weighted by Gasteiger charge is -2.51. The maximum Gasteiger partial charge on any atom is 0.314 e. The first kappa shape index (κ1) is 30.3. The number of halogens is 2. The molecule has 2 heterocycles. The predicted octanol–water partition coefficient (Wildman–Crippen LogP) is 6.41. The molecule has 3 atom stereocenters. The molecule has 0 spiro atoms. The van der Waals surface area contributed by atoms with Crippen molar-refractivity contribution in [3.8, 4) is 11.8 Å². The highest BCUT2D eigenvalue weighted by molar-refractivity contribution is 6.38. The molecule has 4 rings (SSSR count). The summed E-state index contributed by atoms with van der Waals surface area (Å²) in [6.07, 6.45) is 8.33. The van der Waals surface area contributed by atoms with E-state index in [1.165, 1.54) is 7.11 Å². The lowest BCUT2D eigenvalue weighted by Crippen LogP contribution is -2.54. The van der Waals surface area contributed by atoms with Crippen LogP contribution in [0.4, 0.5) is 0 Å². The zero-order valence-electron chi connectivity index (χ0n) is 23.9. The van der Waals surface area contributed by atoms with Gasteiger partial charge in [0.15, 0.2) is 6.79 Å². The van der Waals surface area contributed by atoms with E-state index in [1.54, 1.807) is 18.6 Å². The first-order chi connectivity index (χ1) is 19.0. The van der Waals surface area contributed by atoms with Crippen molar-refractivity contribution in [3.05, 3.63) is 57.1 Å². The minimum Gasteiger partial charge on any atom is -0.438 e. The third-order valence-electron chi connectivity index (χ3n) is 8.56. The Balaban J connectivity index is 1.75. The number of benzene rings is 1. The Morgan fingerprint density at radius 3 is 2.70 bits per heavy atom. The summed E-state index contributed by atoms with van der Waals surface area (Å²) in [4.78, 5) is 37.9. The first-order valence-electron chi connectivity index (χ1n) is 13.8. The van der Waals surface area contributed by atoms with E-state index in [9.17, 15) is 9.59 Å². The smallest absolute Gasteiger partial charge is 0.314 e. The summed E-state index contributed by atoms with van der Waals surface area (Å²) in [7, 11) is 1.49. The van der Waals surface area contributed by atoms with Crippen LogP contribution in [0.25, 0.3) is 0 Å². The summed E-state index contributed by atoms with van der Waals surface area (Å²) in [5.74, 6) is 5.53. The lowest BCUT2D eigenvalue weighted by atomic mass is 9.53. The molecule has 2 aromatic rings. The van der Waals surface area contributed by atoms with E-state index < -0.39 is 10.8 Å². The van der Waals surface area contributed by atoms with E-state index in [-0.39, 0.29) is 30.5 Å². The number of ether oxygens (including phenoxy) is 2. The highest BCUT2D eigenvalue weighted by Gasteiger charge is 2.57. The first-order valence-corrected chi connectivity index (χ1v) is 14.5. The number of hydrogen-bond donors (Lipinski definition) is 0. The number of rotatable bonds is 7. The maximum atomic E-state index is 14.3. The summed E-state index contributed by atoms with van der Waals surface area (Å²) >= 11 is 13.9. The Bertz CT molecular complexity index is 1320. The van der Waals surface area contributed by atoms with Crippen molar-refractivity contribution >= 4 is 35.1 Å². The summed E-state index contributed by atoms with van der Waals surface area (Å²) < 4.78 is 10.6. The van der Waals surface area contributed by atoms with Crippen LogP contribution in [0, 0.1) is 23.2 Å². The fourth-order valence-electron chi connectivity index (χ4n) is 6.47. The zero-order valence-corrected chi connectivity index (χ0v) is 25.4. The van der Waals surface area contributed by atoms with Gasteiger partial charge in [-0.15, -0.1) is 0 Å². The summed E-state index contributed by atoms with van der Waals surface area (Å²) in [5, 5.41) is 0.958. The van der Waals surface area contributed by atoms with Crippen LogP contribution in [0.2, 0.25) is 10.0 Å². The molecule has 0 N–H and O–H groups in total. The second-order valence-electron chi connectivity index (χ2n) is 11.5. The van der Waals surface area contributed by atoms with Gasteiger partial charge in [-0.3, -0.25) is 14.6 Å². The van der Waals surface area contributed by atoms with Gasteiger partial charge in [0.2, 0.25) is 0 Å². The normalized spacial score (nSPS) is 24.1. The lowest BCUT2D eigenvalue weighted by molar-refractivity contribution is -0.174. The monoisotopic (exact) mass is 585 g/mol. The van der Waals surface area contributed by atoms with Crippen LogP contribution in [0.5, 0.6) is 0 Å². The van der Waals surface area contributed by atoms with E-state index in [4.69, 9.17) is 32.7 Å². The molecule has 1 aliphatic heterocycles. The number of esters is 1. The van der Waals surface area contributed by atoms with Crippen molar-refractivity contribution in [2.45, 2.75) is 71.1 Å². The minimum atomic E-state index is -0.826. The van der Waals surface area contributed by atoms with E-state index in [2.05, 4.69) is 28.7 Å².